The zero-order valence-electron chi connectivity index (χ0n) is 15.5. The van der Waals surface area contributed by atoms with Crippen molar-refractivity contribution in [2.75, 3.05) is 0 Å². The molecule has 1 fully saturated rings. The van der Waals surface area contributed by atoms with Crippen molar-refractivity contribution in [2.24, 2.45) is 0 Å². The summed E-state index contributed by atoms with van der Waals surface area (Å²) in [6.45, 7) is 2.38. The van der Waals surface area contributed by atoms with Crippen LogP contribution in [0.4, 0.5) is 0 Å². The maximum Gasteiger partial charge on any atom is 0.255 e. The molecule has 1 aromatic heterocycles. The number of aromatic nitrogens is 2. The molecule has 144 valence electrons. The lowest BCUT2D eigenvalue weighted by atomic mass is 10.1. The zero-order valence-corrected chi connectivity index (χ0v) is 16.3. The van der Waals surface area contributed by atoms with E-state index in [0.29, 0.717) is 18.0 Å². The Morgan fingerprint density at radius 1 is 1.11 bits per heavy atom. The van der Waals surface area contributed by atoms with Crippen LogP contribution in [0.2, 0.25) is 0 Å². The van der Waals surface area contributed by atoms with Crippen molar-refractivity contribution in [1.29, 1.82) is 0 Å². The molecule has 1 aliphatic heterocycles. The van der Waals surface area contributed by atoms with Crippen LogP contribution in [0.1, 0.15) is 51.5 Å². The molecule has 2 aromatic carbocycles. The summed E-state index contributed by atoms with van der Waals surface area (Å²) < 4.78 is 1.92. The molecule has 1 aliphatic carbocycles. The number of amides is 1. The van der Waals surface area contributed by atoms with Gasteiger partial charge < -0.3 is 10.6 Å². The third-order valence-electron chi connectivity index (χ3n) is 5.37. The molecule has 0 unspecified atom stereocenters. The minimum absolute atomic E-state index is 0. The fourth-order valence-corrected chi connectivity index (χ4v) is 3.79. The molecule has 1 saturated carbocycles. The van der Waals surface area contributed by atoms with E-state index in [1.54, 1.807) is 6.20 Å². The van der Waals surface area contributed by atoms with E-state index in [2.05, 4.69) is 33.9 Å². The summed E-state index contributed by atoms with van der Waals surface area (Å²) in [5, 5.41) is 11.0. The number of fused-ring (bicyclic) bond motifs is 1. The third-order valence-corrected chi connectivity index (χ3v) is 5.37. The predicted octanol–water partition coefficient (Wildman–Crippen LogP) is 3.70. The van der Waals surface area contributed by atoms with Gasteiger partial charge in [0.15, 0.2) is 0 Å². The van der Waals surface area contributed by atoms with Crippen LogP contribution in [0.3, 0.4) is 0 Å². The molecule has 28 heavy (non-hydrogen) atoms. The molecule has 0 radical (unpaired) electrons. The van der Waals surface area contributed by atoms with Crippen LogP contribution in [0.25, 0.3) is 5.69 Å². The highest BCUT2D eigenvalue weighted by molar-refractivity contribution is 5.95. The second-order valence-corrected chi connectivity index (χ2v) is 7.35. The van der Waals surface area contributed by atoms with Gasteiger partial charge in [-0.3, -0.25) is 4.79 Å². The highest BCUT2D eigenvalue weighted by atomic mass is 35.5. The Morgan fingerprint density at radius 2 is 1.89 bits per heavy atom. The molecule has 0 spiro atoms. The van der Waals surface area contributed by atoms with Crippen molar-refractivity contribution in [3.8, 4) is 5.69 Å². The Bertz CT molecular complexity index is 995. The maximum atomic E-state index is 12.9. The summed E-state index contributed by atoms with van der Waals surface area (Å²) >= 11 is 0. The minimum atomic E-state index is -0.0438. The highest BCUT2D eigenvalue weighted by Gasteiger charge is 2.32. The first-order valence-corrected chi connectivity index (χ1v) is 9.52. The number of para-hydroxylation sites is 1. The molecule has 1 amide bonds. The average Bonchev–Trinajstić information content (AvgIpc) is 3.27. The molecule has 2 heterocycles. The number of nitrogens with zero attached hydrogens (tertiary/aromatic N) is 2. The van der Waals surface area contributed by atoms with E-state index >= 15 is 0 Å². The highest BCUT2D eigenvalue weighted by Crippen LogP contribution is 2.42. The molecule has 3 aromatic rings. The number of hydrogen-bond acceptors (Lipinski definition) is 3. The zero-order chi connectivity index (χ0) is 18.2. The summed E-state index contributed by atoms with van der Waals surface area (Å²) in [5.41, 5.74) is 6.56. The fourth-order valence-electron chi connectivity index (χ4n) is 3.79. The maximum absolute atomic E-state index is 12.9. The van der Waals surface area contributed by atoms with Crippen LogP contribution in [-0.2, 0) is 19.6 Å². The van der Waals surface area contributed by atoms with Gasteiger partial charge in [0.2, 0.25) is 0 Å². The minimum Gasteiger partial charge on any atom is -0.348 e. The Hall–Kier alpha value is -2.63. The van der Waals surface area contributed by atoms with Gasteiger partial charge in [0.05, 0.1) is 23.1 Å². The van der Waals surface area contributed by atoms with Gasteiger partial charge in [-0.25, -0.2) is 4.68 Å². The van der Waals surface area contributed by atoms with Gasteiger partial charge in [0.1, 0.15) is 0 Å². The first-order chi connectivity index (χ1) is 13.3. The van der Waals surface area contributed by atoms with Crippen LogP contribution >= 0.6 is 12.4 Å². The second kappa shape index (κ2) is 7.78. The number of carbonyl (C=O) groups excluding carboxylic acids is 1. The number of benzene rings is 2. The van der Waals surface area contributed by atoms with E-state index in [9.17, 15) is 4.79 Å². The standard InChI is InChI=1S/C22H22N4O.ClH/c27-22(24-11-15-6-7-17-12-23-13-18(17)10-15)20-14-25-26(21(20)16-8-9-16)19-4-2-1-3-5-19;/h1-7,10,14,16,23H,8-9,11-13H2,(H,24,27);1H. The van der Waals surface area contributed by atoms with Gasteiger partial charge in [-0.1, -0.05) is 36.4 Å². The number of halogens is 1. The van der Waals surface area contributed by atoms with E-state index in [0.717, 1.165) is 42.9 Å². The van der Waals surface area contributed by atoms with Crippen LogP contribution in [0, 0.1) is 0 Å². The summed E-state index contributed by atoms with van der Waals surface area (Å²) in [4.78, 5) is 12.9. The first-order valence-electron chi connectivity index (χ1n) is 9.52. The Labute approximate surface area is 170 Å². The van der Waals surface area contributed by atoms with Crippen LogP contribution in [0.15, 0.2) is 54.7 Å². The quantitative estimate of drug-likeness (QED) is 0.693. The lowest BCUT2D eigenvalue weighted by Gasteiger charge is -2.10. The van der Waals surface area contributed by atoms with Gasteiger partial charge in [0, 0.05) is 25.6 Å². The molecular formula is C22H23ClN4O. The van der Waals surface area contributed by atoms with Gasteiger partial charge in [-0.05, 0) is 41.7 Å². The van der Waals surface area contributed by atoms with E-state index in [1.807, 2.05) is 35.0 Å². The van der Waals surface area contributed by atoms with Crippen molar-refractivity contribution in [2.45, 2.75) is 38.4 Å². The molecule has 5 nitrogen and oxygen atoms in total. The Balaban J connectivity index is 0.00000192. The van der Waals surface area contributed by atoms with Crippen LogP contribution in [0.5, 0.6) is 0 Å². The van der Waals surface area contributed by atoms with E-state index < -0.39 is 0 Å². The largest absolute Gasteiger partial charge is 0.348 e. The van der Waals surface area contributed by atoms with E-state index in [4.69, 9.17) is 0 Å². The Morgan fingerprint density at radius 3 is 2.68 bits per heavy atom. The molecule has 6 heteroatoms. The SMILES string of the molecule is Cl.O=C(NCc1ccc2c(c1)CNC2)c1cnn(-c2ccccc2)c1C1CC1. The average molecular weight is 395 g/mol. The molecule has 0 atom stereocenters. The van der Waals surface area contributed by atoms with E-state index in [-0.39, 0.29) is 18.3 Å². The Kier molecular flexibility index (Phi) is 5.20. The third kappa shape index (κ3) is 3.55. The van der Waals surface area contributed by atoms with Crippen molar-refractivity contribution in [3.05, 3.63) is 82.7 Å². The molecular weight excluding hydrogens is 372 g/mol. The molecule has 0 saturated heterocycles. The smallest absolute Gasteiger partial charge is 0.255 e. The summed E-state index contributed by atoms with van der Waals surface area (Å²) in [6, 6.07) is 16.5. The lowest BCUT2D eigenvalue weighted by Crippen LogP contribution is -2.23. The first kappa shape index (κ1) is 18.7. The lowest BCUT2D eigenvalue weighted by molar-refractivity contribution is 0.0950. The molecule has 2 N–H and O–H groups in total. The number of hydrogen-bond donors (Lipinski definition) is 2. The van der Waals surface area contributed by atoms with Crippen molar-refractivity contribution >= 4 is 18.3 Å². The normalized spacial score (nSPS) is 15.0. The summed E-state index contributed by atoms with van der Waals surface area (Å²) in [7, 11) is 0. The van der Waals surface area contributed by atoms with Crippen molar-refractivity contribution in [1.82, 2.24) is 20.4 Å². The van der Waals surface area contributed by atoms with Gasteiger partial charge >= 0.3 is 0 Å². The van der Waals surface area contributed by atoms with Crippen LogP contribution in [-0.4, -0.2) is 15.7 Å². The predicted molar refractivity (Wildman–Crippen MR) is 111 cm³/mol. The second-order valence-electron chi connectivity index (χ2n) is 7.35. The number of nitrogens with one attached hydrogen (secondary N) is 2. The van der Waals surface area contributed by atoms with Crippen molar-refractivity contribution < 1.29 is 4.79 Å². The monoisotopic (exact) mass is 394 g/mol. The molecule has 5 rings (SSSR count). The summed E-state index contributed by atoms with van der Waals surface area (Å²) in [5.74, 6) is 0.386. The van der Waals surface area contributed by atoms with Crippen LogP contribution < -0.4 is 10.6 Å². The number of rotatable bonds is 5. The van der Waals surface area contributed by atoms with Gasteiger partial charge in [-0.15, -0.1) is 12.4 Å². The molecule has 0 bridgehead atoms. The number of carbonyl (C=O) groups is 1. The van der Waals surface area contributed by atoms with Gasteiger partial charge in [0.25, 0.3) is 5.91 Å². The van der Waals surface area contributed by atoms with Crippen molar-refractivity contribution in [3.63, 3.8) is 0 Å². The van der Waals surface area contributed by atoms with Gasteiger partial charge in [-0.2, -0.15) is 5.10 Å². The fraction of sp³-hybridized carbons (Fsp3) is 0.273. The van der Waals surface area contributed by atoms with E-state index in [1.165, 1.54) is 11.1 Å². The summed E-state index contributed by atoms with van der Waals surface area (Å²) in [6.07, 6.45) is 3.95. The topological polar surface area (TPSA) is 59.0 Å². The molecule has 2 aliphatic rings.